The average Bonchev–Trinajstić information content (AvgIpc) is 3.04. The van der Waals surface area contributed by atoms with Crippen molar-refractivity contribution in [1.82, 2.24) is 20.3 Å². The third-order valence-corrected chi connectivity index (χ3v) is 2.94. The van der Waals surface area contributed by atoms with Gasteiger partial charge in [0.15, 0.2) is 0 Å². The summed E-state index contributed by atoms with van der Waals surface area (Å²) in [6.45, 7) is 2.03. The predicted molar refractivity (Wildman–Crippen MR) is 64.5 cm³/mol. The molecule has 0 radical (unpaired) electrons. The monoisotopic (exact) mass is 253 g/mol. The van der Waals surface area contributed by atoms with Crippen LogP contribution < -0.4 is 11.1 Å². The highest BCUT2D eigenvalue weighted by atomic mass is 16.5. The highest BCUT2D eigenvalue weighted by Crippen LogP contribution is 2.15. The molecule has 0 spiro atoms. The maximum Gasteiger partial charge on any atom is 0.234 e. The lowest BCUT2D eigenvalue weighted by atomic mass is 10.2. The van der Waals surface area contributed by atoms with Crippen molar-refractivity contribution < 1.29 is 9.53 Å². The molecule has 1 aromatic heterocycles. The second kappa shape index (κ2) is 6.46. The van der Waals surface area contributed by atoms with Gasteiger partial charge in [-0.05, 0) is 19.3 Å². The van der Waals surface area contributed by atoms with Crippen LogP contribution >= 0.6 is 0 Å². The number of amides is 1. The van der Waals surface area contributed by atoms with Crippen molar-refractivity contribution in [3.8, 4) is 0 Å². The number of nitrogens with one attached hydrogen (secondary N) is 1. The molecular formula is C11H19N5O2. The highest BCUT2D eigenvalue weighted by molar-refractivity contribution is 5.77. The van der Waals surface area contributed by atoms with Crippen molar-refractivity contribution in [3.63, 3.8) is 0 Å². The van der Waals surface area contributed by atoms with E-state index >= 15 is 0 Å². The Labute approximate surface area is 106 Å². The summed E-state index contributed by atoms with van der Waals surface area (Å²) in [4.78, 5) is 11.0. The Kier molecular flexibility index (Phi) is 4.66. The third-order valence-electron chi connectivity index (χ3n) is 2.94. The van der Waals surface area contributed by atoms with Crippen molar-refractivity contribution in [2.75, 3.05) is 13.2 Å². The fourth-order valence-corrected chi connectivity index (χ4v) is 1.94. The van der Waals surface area contributed by atoms with Gasteiger partial charge in [-0.2, -0.15) is 0 Å². The molecule has 1 aliphatic heterocycles. The number of nitrogens with zero attached hydrogens (tertiary/aromatic N) is 3. The van der Waals surface area contributed by atoms with Crippen molar-refractivity contribution in [3.05, 3.63) is 11.9 Å². The van der Waals surface area contributed by atoms with Gasteiger partial charge < -0.3 is 15.8 Å². The van der Waals surface area contributed by atoms with E-state index in [1.165, 1.54) is 0 Å². The van der Waals surface area contributed by atoms with Crippen LogP contribution in [0.3, 0.4) is 0 Å². The van der Waals surface area contributed by atoms with E-state index in [0.717, 1.165) is 38.1 Å². The summed E-state index contributed by atoms with van der Waals surface area (Å²) >= 11 is 0. The van der Waals surface area contributed by atoms with Crippen LogP contribution in [0.1, 0.15) is 25.0 Å². The summed E-state index contributed by atoms with van der Waals surface area (Å²) in [5.41, 5.74) is 5.93. The Morgan fingerprint density at radius 1 is 1.67 bits per heavy atom. The third kappa shape index (κ3) is 3.78. The number of hydrogen-bond donors (Lipinski definition) is 2. The molecule has 1 amide bonds. The molecular weight excluding hydrogens is 234 g/mol. The van der Waals surface area contributed by atoms with Gasteiger partial charge in [-0.25, -0.2) is 0 Å². The summed E-state index contributed by atoms with van der Waals surface area (Å²) in [5, 5.41) is 10.6. The first-order valence-electron chi connectivity index (χ1n) is 6.25. The lowest BCUT2D eigenvalue weighted by Crippen LogP contribution is -2.29. The number of aromatic nitrogens is 3. The van der Waals surface area contributed by atoms with E-state index in [9.17, 15) is 4.79 Å². The van der Waals surface area contributed by atoms with E-state index in [1.54, 1.807) is 4.68 Å². The van der Waals surface area contributed by atoms with Crippen LogP contribution in [0.25, 0.3) is 0 Å². The summed E-state index contributed by atoms with van der Waals surface area (Å²) in [5.74, 6) is -0.191. The first kappa shape index (κ1) is 13.0. The molecule has 3 N–H and O–H groups in total. The molecule has 1 saturated heterocycles. The molecule has 1 fully saturated rings. The topological polar surface area (TPSA) is 95.1 Å². The lowest BCUT2D eigenvalue weighted by Gasteiger charge is -2.07. The van der Waals surface area contributed by atoms with Crippen LogP contribution in [0.5, 0.6) is 0 Å². The molecule has 2 rings (SSSR count). The summed E-state index contributed by atoms with van der Waals surface area (Å²) in [6.07, 6.45) is 5.44. The van der Waals surface area contributed by atoms with Crippen molar-refractivity contribution in [2.24, 2.45) is 5.73 Å². The highest BCUT2D eigenvalue weighted by Gasteiger charge is 2.15. The number of carbonyl (C=O) groups is 1. The van der Waals surface area contributed by atoms with Crippen LogP contribution in [0.15, 0.2) is 6.20 Å². The average molecular weight is 253 g/mol. The van der Waals surface area contributed by atoms with Crippen LogP contribution in [0.4, 0.5) is 0 Å². The second-order valence-corrected chi connectivity index (χ2v) is 4.38. The predicted octanol–water partition coefficient (Wildman–Crippen LogP) is -0.578. The molecule has 2 heterocycles. The van der Waals surface area contributed by atoms with Crippen molar-refractivity contribution >= 4 is 5.91 Å². The summed E-state index contributed by atoms with van der Waals surface area (Å²) in [7, 11) is 0. The lowest BCUT2D eigenvalue weighted by molar-refractivity contribution is -0.119. The smallest absolute Gasteiger partial charge is 0.234 e. The van der Waals surface area contributed by atoms with Crippen molar-refractivity contribution in [1.29, 1.82) is 0 Å². The normalized spacial score (nSPS) is 19.1. The van der Waals surface area contributed by atoms with Gasteiger partial charge in [0, 0.05) is 13.2 Å². The van der Waals surface area contributed by atoms with E-state index in [2.05, 4.69) is 15.6 Å². The van der Waals surface area contributed by atoms with Crippen LogP contribution in [-0.4, -0.2) is 40.2 Å². The van der Waals surface area contributed by atoms with Crippen LogP contribution in [-0.2, 0) is 22.6 Å². The molecule has 18 heavy (non-hydrogen) atoms. The van der Waals surface area contributed by atoms with Gasteiger partial charge in [0.05, 0.1) is 25.4 Å². The first-order chi connectivity index (χ1) is 8.78. The molecule has 1 aliphatic rings. The van der Waals surface area contributed by atoms with Crippen LogP contribution in [0, 0.1) is 0 Å². The zero-order chi connectivity index (χ0) is 12.8. The Bertz CT molecular complexity index is 387. The molecule has 0 bridgehead atoms. The van der Waals surface area contributed by atoms with E-state index in [0.29, 0.717) is 12.6 Å². The summed E-state index contributed by atoms with van der Waals surface area (Å²) < 4.78 is 7.33. The van der Waals surface area contributed by atoms with Gasteiger partial charge in [-0.3, -0.25) is 9.48 Å². The van der Waals surface area contributed by atoms with Gasteiger partial charge in [-0.1, -0.05) is 5.21 Å². The van der Waals surface area contributed by atoms with Crippen molar-refractivity contribution in [2.45, 2.75) is 38.5 Å². The number of hydrogen-bond acceptors (Lipinski definition) is 5. The fourth-order valence-electron chi connectivity index (χ4n) is 1.94. The van der Waals surface area contributed by atoms with E-state index < -0.39 is 0 Å². The zero-order valence-electron chi connectivity index (χ0n) is 10.3. The van der Waals surface area contributed by atoms with Gasteiger partial charge in [0.25, 0.3) is 0 Å². The molecule has 1 aromatic rings. The second-order valence-electron chi connectivity index (χ2n) is 4.38. The van der Waals surface area contributed by atoms with E-state index in [-0.39, 0.29) is 12.5 Å². The van der Waals surface area contributed by atoms with Gasteiger partial charge in [-0.15, -0.1) is 5.10 Å². The molecule has 1 unspecified atom stereocenters. The largest absolute Gasteiger partial charge is 0.378 e. The quantitative estimate of drug-likeness (QED) is 0.707. The molecule has 1 atom stereocenters. The molecule has 7 heteroatoms. The SMILES string of the molecule is NCC(=O)NCc1cn(CCC2CCCO2)nn1. The maximum atomic E-state index is 11.0. The Balaban J connectivity index is 1.73. The Morgan fingerprint density at radius 3 is 3.28 bits per heavy atom. The maximum absolute atomic E-state index is 11.0. The molecule has 0 aliphatic carbocycles. The zero-order valence-corrected chi connectivity index (χ0v) is 10.3. The first-order valence-corrected chi connectivity index (χ1v) is 6.25. The molecule has 100 valence electrons. The standard InChI is InChI=1S/C11H19N5O2/c12-6-11(17)13-7-9-8-16(15-14-9)4-3-10-2-1-5-18-10/h8,10H,1-7,12H2,(H,13,17). The Hall–Kier alpha value is -1.47. The number of carbonyl (C=O) groups excluding carboxylic acids is 1. The Morgan fingerprint density at radius 2 is 2.56 bits per heavy atom. The fraction of sp³-hybridized carbons (Fsp3) is 0.727. The van der Waals surface area contributed by atoms with E-state index in [1.807, 2.05) is 6.20 Å². The number of aryl methyl sites for hydroxylation is 1. The molecule has 0 aromatic carbocycles. The molecule has 7 nitrogen and oxygen atoms in total. The minimum Gasteiger partial charge on any atom is -0.378 e. The van der Waals surface area contributed by atoms with Crippen LogP contribution in [0.2, 0.25) is 0 Å². The molecule has 0 saturated carbocycles. The number of rotatable bonds is 6. The number of ether oxygens (including phenoxy) is 1. The van der Waals surface area contributed by atoms with E-state index in [4.69, 9.17) is 10.5 Å². The number of nitrogens with two attached hydrogens (primary N) is 1. The van der Waals surface area contributed by atoms with Gasteiger partial charge in [0.2, 0.25) is 5.91 Å². The van der Waals surface area contributed by atoms with Gasteiger partial charge in [0.1, 0.15) is 5.69 Å². The summed E-state index contributed by atoms with van der Waals surface area (Å²) in [6, 6.07) is 0. The van der Waals surface area contributed by atoms with Gasteiger partial charge >= 0.3 is 0 Å². The minimum absolute atomic E-state index is 0.00679. The minimum atomic E-state index is -0.191.